The lowest BCUT2D eigenvalue weighted by Gasteiger charge is -2.13. The van der Waals surface area contributed by atoms with Gasteiger partial charge in [0.25, 0.3) is 0 Å². The summed E-state index contributed by atoms with van der Waals surface area (Å²) in [6.45, 7) is 0. The SMILES string of the molecule is COc1ccc(-c2cc3cc4sccc4cc3c3c2ccc2c4ccccc4sc23)cc1. The van der Waals surface area contributed by atoms with Gasteiger partial charge in [-0.05, 0) is 80.5 Å². The largest absolute Gasteiger partial charge is 0.497 e. The average molecular weight is 447 g/mol. The molecule has 32 heavy (non-hydrogen) atoms. The first-order valence-electron chi connectivity index (χ1n) is 10.6. The van der Waals surface area contributed by atoms with Crippen molar-refractivity contribution in [2.45, 2.75) is 0 Å². The third kappa shape index (κ3) is 2.56. The number of benzene rings is 5. The van der Waals surface area contributed by atoms with E-state index in [4.69, 9.17) is 4.74 Å². The Labute approximate surface area is 193 Å². The molecule has 1 nitrogen and oxygen atoms in total. The molecule has 0 spiro atoms. The van der Waals surface area contributed by atoms with E-state index in [1.807, 2.05) is 34.8 Å². The summed E-state index contributed by atoms with van der Waals surface area (Å²) in [7, 11) is 1.71. The number of hydrogen-bond acceptors (Lipinski definition) is 3. The number of thiophene rings is 2. The lowest BCUT2D eigenvalue weighted by atomic mass is 9.92. The van der Waals surface area contributed by atoms with E-state index in [1.165, 1.54) is 62.9 Å². The third-order valence-corrected chi connectivity index (χ3v) is 8.52. The third-order valence-electron chi connectivity index (χ3n) is 6.43. The van der Waals surface area contributed by atoms with Crippen LogP contribution in [-0.2, 0) is 0 Å². The van der Waals surface area contributed by atoms with Gasteiger partial charge < -0.3 is 4.74 Å². The molecule has 0 fully saturated rings. The average Bonchev–Trinajstić information content (AvgIpc) is 3.46. The van der Waals surface area contributed by atoms with E-state index < -0.39 is 0 Å². The topological polar surface area (TPSA) is 9.23 Å². The van der Waals surface area contributed by atoms with Crippen LogP contribution in [0.5, 0.6) is 5.75 Å². The molecule has 152 valence electrons. The highest BCUT2D eigenvalue weighted by molar-refractivity contribution is 7.26. The summed E-state index contributed by atoms with van der Waals surface area (Å²) in [6, 6.07) is 31.1. The fraction of sp³-hybridized carbons (Fsp3) is 0.0345. The van der Waals surface area contributed by atoms with Crippen molar-refractivity contribution in [2.75, 3.05) is 7.11 Å². The van der Waals surface area contributed by atoms with Crippen LogP contribution in [0.15, 0.2) is 90.3 Å². The maximum Gasteiger partial charge on any atom is 0.118 e. The normalized spacial score (nSPS) is 11.9. The molecular weight excluding hydrogens is 428 g/mol. The zero-order valence-electron chi connectivity index (χ0n) is 17.4. The minimum atomic E-state index is 0.881. The van der Waals surface area contributed by atoms with E-state index in [-0.39, 0.29) is 0 Å². The zero-order valence-corrected chi connectivity index (χ0v) is 19.0. The molecule has 3 heteroatoms. The van der Waals surface area contributed by atoms with Crippen molar-refractivity contribution in [2.24, 2.45) is 0 Å². The molecular formula is C29H18OS2. The molecule has 0 aliphatic carbocycles. The van der Waals surface area contributed by atoms with Gasteiger partial charge >= 0.3 is 0 Å². The van der Waals surface area contributed by atoms with Gasteiger partial charge in [0.1, 0.15) is 5.75 Å². The van der Waals surface area contributed by atoms with Crippen LogP contribution in [0.1, 0.15) is 0 Å². The smallest absolute Gasteiger partial charge is 0.118 e. The quantitative estimate of drug-likeness (QED) is 0.240. The standard InChI is InChI=1S/C29H18OS2/c1-30-20-8-6-17(7-9-20)24-15-19-16-27-18(12-13-31-27)14-25(19)28-22(24)10-11-23-21-4-2-3-5-26(21)32-29(23)28/h2-16H,1H3. The number of hydrogen-bond donors (Lipinski definition) is 0. The molecule has 0 atom stereocenters. The van der Waals surface area contributed by atoms with Gasteiger partial charge in [-0.2, -0.15) is 0 Å². The Morgan fingerprint density at radius 3 is 2.38 bits per heavy atom. The summed E-state index contributed by atoms with van der Waals surface area (Å²) < 4.78 is 9.45. The van der Waals surface area contributed by atoms with Gasteiger partial charge in [-0.15, -0.1) is 22.7 Å². The highest BCUT2D eigenvalue weighted by atomic mass is 32.1. The molecule has 0 aliphatic rings. The van der Waals surface area contributed by atoms with Crippen LogP contribution >= 0.6 is 22.7 Å². The molecule has 0 amide bonds. The molecule has 0 N–H and O–H groups in total. The van der Waals surface area contributed by atoms with E-state index in [1.54, 1.807) is 7.11 Å². The molecule has 2 heterocycles. The van der Waals surface area contributed by atoms with Gasteiger partial charge in [0.15, 0.2) is 0 Å². The monoisotopic (exact) mass is 446 g/mol. The Kier molecular flexibility index (Phi) is 3.87. The Morgan fingerprint density at radius 2 is 1.50 bits per heavy atom. The molecule has 2 aromatic heterocycles. The van der Waals surface area contributed by atoms with Gasteiger partial charge in [-0.25, -0.2) is 0 Å². The van der Waals surface area contributed by atoms with Gasteiger partial charge in [0.2, 0.25) is 0 Å². The van der Waals surface area contributed by atoms with E-state index in [0.717, 1.165) is 5.75 Å². The van der Waals surface area contributed by atoms with Crippen molar-refractivity contribution in [3.05, 3.63) is 90.3 Å². The van der Waals surface area contributed by atoms with E-state index >= 15 is 0 Å². The van der Waals surface area contributed by atoms with Crippen molar-refractivity contribution in [1.29, 1.82) is 0 Å². The first-order valence-corrected chi connectivity index (χ1v) is 12.3. The van der Waals surface area contributed by atoms with Crippen molar-refractivity contribution in [3.8, 4) is 16.9 Å². The summed E-state index contributed by atoms with van der Waals surface area (Å²) in [4.78, 5) is 0. The second-order valence-corrected chi connectivity index (χ2v) is 10.1. The number of fused-ring (bicyclic) bond motifs is 8. The molecule has 7 rings (SSSR count). The second kappa shape index (κ2) is 6.80. The lowest BCUT2D eigenvalue weighted by molar-refractivity contribution is 0.415. The Morgan fingerprint density at radius 1 is 0.656 bits per heavy atom. The summed E-state index contributed by atoms with van der Waals surface area (Å²) in [6.07, 6.45) is 0. The molecule has 0 unspecified atom stereocenters. The predicted molar refractivity (Wildman–Crippen MR) is 142 cm³/mol. The van der Waals surface area contributed by atoms with Crippen LogP contribution in [0.4, 0.5) is 0 Å². The van der Waals surface area contributed by atoms with Gasteiger partial charge in [-0.1, -0.05) is 42.5 Å². The van der Waals surface area contributed by atoms with Crippen LogP contribution in [0.3, 0.4) is 0 Å². The van der Waals surface area contributed by atoms with Crippen molar-refractivity contribution in [1.82, 2.24) is 0 Å². The summed E-state index contributed by atoms with van der Waals surface area (Å²) >= 11 is 3.71. The van der Waals surface area contributed by atoms with Crippen LogP contribution in [0, 0.1) is 0 Å². The minimum absolute atomic E-state index is 0.881. The van der Waals surface area contributed by atoms with E-state index in [0.29, 0.717) is 0 Å². The van der Waals surface area contributed by atoms with Gasteiger partial charge in [0.05, 0.1) is 7.11 Å². The molecule has 7 aromatic rings. The van der Waals surface area contributed by atoms with Gasteiger partial charge in [0, 0.05) is 30.3 Å². The lowest BCUT2D eigenvalue weighted by Crippen LogP contribution is -1.87. The molecule has 0 radical (unpaired) electrons. The number of methoxy groups -OCH3 is 1. The molecule has 5 aromatic carbocycles. The van der Waals surface area contributed by atoms with Crippen molar-refractivity contribution >= 4 is 74.5 Å². The highest BCUT2D eigenvalue weighted by Crippen LogP contribution is 2.45. The fourth-order valence-electron chi connectivity index (χ4n) is 4.88. The van der Waals surface area contributed by atoms with Crippen LogP contribution < -0.4 is 4.74 Å². The molecule has 0 saturated carbocycles. The summed E-state index contributed by atoms with van der Waals surface area (Å²) in [5.74, 6) is 0.881. The first kappa shape index (κ1) is 18.2. The predicted octanol–water partition coefficient (Wildman–Crippen LogP) is 9.25. The van der Waals surface area contributed by atoms with Crippen molar-refractivity contribution in [3.63, 3.8) is 0 Å². The highest BCUT2D eigenvalue weighted by Gasteiger charge is 2.15. The maximum absolute atomic E-state index is 5.40. The van der Waals surface area contributed by atoms with Crippen LogP contribution in [0.2, 0.25) is 0 Å². The zero-order chi connectivity index (χ0) is 21.2. The number of ether oxygens (including phenoxy) is 1. The van der Waals surface area contributed by atoms with Crippen LogP contribution in [0.25, 0.3) is 62.9 Å². The Balaban J connectivity index is 1.69. The van der Waals surface area contributed by atoms with E-state index in [2.05, 4.69) is 78.2 Å². The Hall–Kier alpha value is -3.40. The molecule has 0 bridgehead atoms. The molecule has 0 aliphatic heterocycles. The maximum atomic E-state index is 5.40. The number of rotatable bonds is 2. The van der Waals surface area contributed by atoms with Crippen LogP contribution in [-0.4, -0.2) is 7.11 Å². The molecule has 0 saturated heterocycles. The fourth-order valence-corrected chi connectivity index (χ4v) is 6.97. The van der Waals surface area contributed by atoms with Crippen molar-refractivity contribution < 1.29 is 4.74 Å². The second-order valence-electron chi connectivity index (χ2n) is 8.15. The van der Waals surface area contributed by atoms with Gasteiger partial charge in [-0.3, -0.25) is 0 Å². The summed E-state index contributed by atoms with van der Waals surface area (Å²) in [5, 5.41) is 11.5. The first-order chi connectivity index (χ1) is 15.8. The minimum Gasteiger partial charge on any atom is -0.497 e. The Bertz CT molecular complexity index is 1800. The van der Waals surface area contributed by atoms with E-state index in [9.17, 15) is 0 Å². The summed E-state index contributed by atoms with van der Waals surface area (Å²) in [5.41, 5.74) is 2.48.